The number of nitrogens with zero attached hydrogens (tertiary/aromatic N) is 6. The van der Waals surface area contributed by atoms with Gasteiger partial charge in [-0.2, -0.15) is 9.90 Å². The summed E-state index contributed by atoms with van der Waals surface area (Å²) >= 11 is 1.72. The maximum absolute atomic E-state index is 5.24. The minimum absolute atomic E-state index is 0.522. The molecule has 0 aliphatic carbocycles. The summed E-state index contributed by atoms with van der Waals surface area (Å²) in [5.41, 5.74) is 6.58. The molecule has 8 heteroatoms. The van der Waals surface area contributed by atoms with Crippen molar-refractivity contribution >= 4 is 11.8 Å². The number of hydrogen-bond acceptors (Lipinski definition) is 6. The van der Waals surface area contributed by atoms with Crippen LogP contribution in [0.5, 0.6) is 5.75 Å². The summed E-state index contributed by atoms with van der Waals surface area (Å²) in [5.74, 6) is 2.19. The molecule has 0 aliphatic heterocycles. The summed E-state index contributed by atoms with van der Waals surface area (Å²) in [6.07, 6.45) is 1.84. The largest absolute Gasteiger partial charge is 0.497 e. The van der Waals surface area contributed by atoms with E-state index in [0.29, 0.717) is 12.4 Å². The third kappa shape index (κ3) is 5.12. The normalized spacial score (nSPS) is 11.1. The summed E-state index contributed by atoms with van der Waals surface area (Å²) in [4.78, 5) is 1.61. The van der Waals surface area contributed by atoms with Crippen molar-refractivity contribution in [2.45, 2.75) is 31.2 Å². The second kappa shape index (κ2) is 10.1. The highest BCUT2D eigenvalue weighted by Gasteiger charge is 2.20. The first kappa shape index (κ1) is 22.9. The fraction of sp³-hybridized carbons (Fsp3) is 0.185. The Labute approximate surface area is 208 Å². The van der Waals surface area contributed by atoms with Crippen molar-refractivity contribution in [3.8, 4) is 22.8 Å². The first-order valence-corrected chi connectivity index (χ1v) is 12.3. The maximum Gasteiger partial charge on any atom is 0.209 e. The lowest BCUT2D eigenvalue weighted by atomic mass is 10.1. The molecule has 0 spiro atoms. The van der Waals surface area contributed by atoms with Crippen LogP contribution in [0, 0.1) is 13.8 Å². The van der Waals surface area contributed by atoms with E-state index < -0.39 is 0 Å². The summed E-state index contributed by atoms with van der Waals surface area (Å²) in [5, 5.41) is 19.1. The van der Waals surface area contributed by atoms with Crippen LogP contribution in [0.2, 0.25) is 0 Å². The molecular formula is C27H26N6OS. The van der Waals surface area contributed by atoms with Crippen molar-refractivity contribution in [3.63, 3.8) is 0 Å². The number of benzene rings is 3. The van der Waals surface area contributed by atoms with Gasteiger partial charge in [-0.15, -0.1) is 22.0 Å². The molecule has 176 valence electrons. The molecule has 2 heterocycles. The lowest BCUT2D eigenvalue weighted by molar-refractivity contribution is 0.414. The van der Waals surface area contributed by atoms with E-state index >= 15 is 0 Å². The first-order chi connectivity index (χ1) is 17.1. The van der Waals surface area contributed by atoms with E-state index in [-0.39, 0.29) is 0 Å². The van der Waals surface area contributed by atoms with Gasteiger partial charge in [0.1, 0.15) is 10.8 Å². The van der Waals surface area contributed by atoms with Gasteiger partial charge in [0.15, 0.2) is 0 Å². The third-order valence-corrected chi connectivity index (χ3v) is 6.86. The van der Waals surface area contributed by atoms with Gasteiger partial charge in [0, 0.05) is 5.75 Å². The quantitative estimate of drug-likeness (QED) is 0.272. The number of thioether (sulfide) groups is 1. The number of hydrogen-bond donors (Lipinski definition) is 0. The van der Waals surface area contributed by atoms with Crippen molar-refractivity contribution in [2.24, 2.45) is 0 Å². The molecule has 0 atom stereocenters. The number of tetrazole rings is 1. The summed E-state index contributed by atoms with van der Waals surface area (Å²) in [7, 11) is 1.66. The Morgan fingerprint density at radius 2 is 1.71 bits per heavy atom. The number of methoxy groups -OCH3 is 1. The fourth-order valence-corrected chi connectivity index (χ4v) is 4.85. The number of aryl methyl sites for hydroxylation is 2. The number of aromatic nitrogens is 6. The zero-order valence-corrected chi connectivity index (χ0v) is 20.7. The van der Waals surface area contributed by atoms with Crippen LogP contribution in [0.3, 0.4) is 0 Å². The summed E-state index contributed by atoms with van der Waals surface area (Å²) in [6, 6.07) is 24.7. The van der Waals surface area contributed by atoms with Crippen molar-refractivity contribution in [1.82, 2.24) is 30.0 Å². The van der Waals surface area contributed by atoms with Gasteiger partial charge >= 0.3 is 0 Å². The van der Waals surface area contributed by atoms with Gasteiger partial charge in [-0.25, -0.2) is 4.68 Å². The molecule has 2 aromatic heterocycles. The van der Waals surface area contributed by atoms with E-state index in [0.717, 1.165) is 38.9 Å². The molecule has 7 nitrogen and oxygen atoms in total. The van der Waals surface area contributed by atoms with Gasteiger partial charge in [-0.05, 0) is 59.5 Å². The molecule has 3 aromatic carbocycles. The van der Waals surface area contributed by atoms with Gasteiger partial charge in [0.05, 0.1) is 31.1 Å². The Bertz CT molecular complexity index is 1430. The van der Waals surface area contributed by atoms with Gasteiger partial charge in [0.25, 0.3) is 0 Å². The second-order valence-corrected chi connectivity index (χ2v) is 9.29. The average Bonchev–Trinajstić information content (AvgIpc) is 3.52. The Morgan fingerprint density at radius 3 is 2.49 bits per heavy atom. The van der Waals surface area contributed by atoms with Crippen LogP contribution in [0.25, 0.3) is 17.1 Å². The molecule has 35 heavy (non-hydrogen) atoms. The lowest BCUT2D eigenvalue weighted by Gasteiger charge is -2.12. The van der Waals surface area contributed by atoms with E-state index in [4.69, 9.17) is 9.84 Å². The summed E-state index contributed by atoms with van der Waals surface area (Å²) < 4.78 is 7.24. The monoisotopic (exact) mass is 482 g/mol. The van der Waals surface area contributed by atoms with Crippen LogP contribution in [0.15, 0.2) is 84.0 Å². The predicted molar refractivity (Wildman–Crippen MR) is 138 cm³/mol. The Morgan fingerprint density at radius 1 is 0.914 bits per heavy atom. The molecule has 0 fully saturated rings. The molecule has 5 rings (SSSR count). The maximum atomic E-state index is 5.24. The predicted octanol–water partition coefficient (Wildman–Crippen LogP) is 5.49. The molecule has 0 saturated heterocycles. The molecular weight excluding hydrogens is 456 g/mol. The van der Waals surface area contributed by atoms with Crippen molar-refractivity contribution in [1.29, 1.82) is 0 Å². The smallest absolute Gasteiger partial charge is 0.209 e. The third-order valence-electron chi connectivity index (χ3n) is 5.71. The van der Waals surface area contributed by atoms with Crippen LogP contribution in [-0.4, -0.2) is 37.1 Å². The molecule has 5 aromatic rings. The van der Waals surface area contributed by atoms with Gasteiger partial charge in [-0.1, -0.05) is 54.6 Å². The van der Waals surface area contributed by atoms with Crippen LogP contribution in [0.4, 0.5) is 0 Å². The van der Waals surface area contributed by atoms with Crippen molar-refractivity contribution in [3.05, 3.63) is 101 Å². The zero-order chi connectivity index (χ0) is 24.2. The van der Waals surface area contributed by atoms with Crippen LogP contribution >= 0.6 is 11.8 Å². The SMILES string of the molecule is COc1ccc(Cn2nnc(-c3cnn(-c4cc(C)ccc4C)c3SCc3ccccc3)n2)cc1. The van der Waals surface area contributed by atoms with E-state index in [1.165, 1.54) is 11.1 Å². The second-order valence-electron chi connectivity index (χ2n) is 8.33. The Kier molecular flexibility index (Phi) is 6.63. The number of rotatable bonds is 8. The molecule has 0 unspecified atom stereocenters. The topological polar surface area (TPSA) is 70.7 Å². The Hall–Kier alpha value is -3.91. The molecule has 0 N–H and O–H groups in total. The molecule has 0 saturated carbocycles. The highest BCUT2D eigenvalue weighted by molar-refractivity contribution is 7.98. The highest BCUT2D eigenvalue weighted by Crippen LogP contribution is 2.34. The zero-order valence-electron chi connectivity index (χ0n) is 19.9. The summed E-state index contributed by atoms with van der Waals surface area (Å²) in [6.45, 7) is 4.72. The van der Waals surface area contributed by atoms with Gasteiger partial charge < -0.3 is 4.74 Å². The van der Waals surface area contributed by atoms with E-state index in [2.05, 4.69) is 71.7 Å². The standard InChI is InChI=1S/C27H26N6OS/c1-19-9-10-20(2)25(15-19)33-27(35-18-22-7-5-4-6-8-22)24(16-28-33)26-29-31-32(30-26)17-21-11-13-23(34-3)14-12-21/h4-16H,17-18H2,1-3H3. The highest BCUT2D eigenvalue weighted by atomic mass is 32.2. The van der Waals surface area contributed by atoms with Crippen molar-refractivity contribution in [2.75, 3.05) is 7.11 Å². The van der Waals surface area contributed by atoms with Crippen molar-refractivity contribution < 1.29 is 4.74 Å². The molecule has 0 amide bonds. The molecule has 0 radical (unpaired) electrons. The minimum Gasteiger partial charge on any atom is -0.497 e. The van der Waals surface area contributed by atoms with Gasteiger partial charge in [-0.3, -0.25) is 0 Å². The molecule has 0 aliphatic rings. The van der Waals surface area contributed by atoms with Gasteiger partial charge in [0.2, 0.25) is 5.82 Å². The average molecular weight is 483 g/mol. The van der Waals surface area contributed by atoms with E-state index in [1.807, 2.05) is 41.2 Å². The number of ether oxygens (including phenoxy) is 1. The van der Waals surface area contributed by atoms with E-state index in [9.17, 15) is 0 Å². The minimum atomic E-state index is 0.522. The van der Waals surface area contributed by atoms with Crippen LogP contribution in [0.1, 0.15) is 22.3 Å². The lowest BCUT2D eigenvalue weighted by Crippen LogP contribution is -2.04. The van der Waals surface area contributed by atoms with Crippen LogP contribution < -0.4 is 4.74 Å². The first-order valence-electron chi connectivity index (χ1n) is 11.3. The fourth-order valence-electron chi connectivity index (χ4n) is 3.79. The van der Waals surface area contributed by atoms with E-state index in [1.54, 1.807) is 23.7 Å². The van der Waals surface area contributed by atoms with Crippen LogP contribution in [-0.2, 0) is 12.3 Å². The Balaban J connectivity index is 1.48. The molecule has 0 bridgehead atoms.